The van der Waals surface area contributed by atoms with E-state index in [0.717, 1.165) is 17.8 Å². The van der Waals surface area contributed by atoms with Crippen LogP contribution >= 0.6 is 22.9 Å². The number of nitrogens with zero attached hydrogens (tertiary/aromatic N) is 5. The van der Waals surface area contributed by atoms with Crippen molar-refractivity contribution in [2.75, 3.05) is 37.4 Å². The molecule has 1 N–H and O–H groups in total. The molecule has 2 aliphatic rings. The minimum Gasteiger partial charge on any atom is -0.444 e. The van der Waals surface area contributed by atoms with Gasteiger partial charge in [-0.25, -0.2) is 23.5 Å². The maximum Gasteiger partial charge on any atom is 0.412 e. The van der Waals surface area contributed by atoms with Gasteiger partial charge in [0.05, 0.1) is 18.8 Å². The molecule has 2 aromatic heterocycles. The summed E-state index contributed by atoms with van der Waals surface area (Å²) in [5, 5.41) is 13.6. The maximum atomic E-state index is 16.8. The molecule has 9 nitrogen and oxygen atoms in total. The average molecular weight is 627 g/mol. The van der Waals surface area contributed by atoms with E-state index in [2.05, 4.69) is 26.3 Å². The van der Waals surface area contributed by atoms with Crippen LogP contribution in [0.15, 0.2) is 12.1 Å². The number of rotatable bonds is 4. The molecular weight excluding hydrogens is 598 g/mol. The Kier molecular flexibility index (Phi) is 7.41. The Hall–Kier alpha value is -3.63. The van der Waals surface area contributed by atoms with Gasteiger partial charge < -0.3 is 19.3 Å². The monoisotopic (exact) mass is 626 g/mol. The molecule has 1 amide bonds. The Morgan fingerprint density at radius 1 is 1.21 bits per heavy atom. The summed E-state index contributed by atoms with van der Waals surface area (Å²) in [6.45, 7) is 6.60. The summed E-state index contributed by atoms with van der Waals surface area (Å²) in [4.78, 5) is 25.8. The third kappa shape index (κ3) is 5.14. The highest BCUT2D eigenvalue weighted by Gasteiger charge is 2.33. The van der Waals surface area contributed by atoms with E-state index in [-0.39, 0.29) is 57.0 Å². The Balaban J connectivity index is 1.57. The van der Waals surface area contributed by atoms with Gasteiger partial charge in [-0.1, -0.05) is 11.6 Å². The largest absolute Gasteiger partial charge is 0.444 e. The highest BCUT2D eigenvalue weighted by Crippen LogP contribution is 2.48. The number of likely N-dealkylation sites (N-methyl/N-ethyl adjacent to an activating group) is 1. The van der Waals surface area contributed by atoms with Gasteiger partial charge in [0.1, 0.15) is 33.2 Å². The Bertz CT molecular complexity index is 1850. The van der Waals surface area contributed by atoms with Crippen LogP contribution in [0, 0.1) is 23.0 Å². The summed E-state index contributed by atoms with van der Waals surface area (Å²) >= 11 is 7.76. The number of nitrogens with one attached hydrogen (secondary N) is 1. The van der Waals surface area contributed by atoms with E-state index in [4.69, 9.17) is 21.1 Å². The Labute approximate surface area is 256 Å². The summed E-state index contributed by atoms with van der Waals surface area (Å²) < 4.78 is 44.3. The molecule has 0 saturated carbocycles. The Morgan fingerprint density at radius 2 is 1.95 bits per heavy atom. The van der Waals surface area contributed by atoms with Crippen LogP contribution in [0.3, 0.4) is 0 Å². The number of amides is 1. The number of aromatic nitrogens is 2. The number of carbonyl (C=O) groups is 1. The molecule has 4 heterocycles. The number of anilines is 2. The molecule has 1 atom stereocenters. The molecule has 2 aromatic carbocycles. The second kappa shape index (κ2) is 10.8. The fourth-order valence-electron chi connectivity index (χ4n) is 5.72. The van der Waals surface area contributed by atoms with Gasteiger partial charge in [-0.2, -0.15) is 5.26 Å². The molecule has 13 heteroatoms. The van der Waals surface area contributed by atoms with Crippen LogP contribution in [-0.4, -0.2) is 59.8 Å². The van der Waals surface area contributed by atoms with Gasteiger partial charge in [-0.3, -0.25) is 5.32 Å². The molecule has 0 unspecified atom stereocenters. The van der Waals surface area contributed by atoms with Crippen molar-refractivity contribution in [3.05, 3.63) is 45.6 Å². The first-order valence-corrected chi connectivity index (χ1v) is 14.9. The SMILES string of the molecule is CN(C)[C@H]1CCN(c2nc(Cl)c3c4c(c(-c5c(F)ccc6sc(NC(=O)OC(C)(C)C)c(C#N)c56)c(F)c3n2)COC4)C1. The van der Waals surface area contributed by atoms with Crippen molar-refractivity contribution in [1.29, 1.82) is 5.26 Å². The van der Waals surface area contributed by atoms with E-state index < -0.39 is 23.3 Å². The minimum atomic E-state index is -0.781. The van der Waals surface area contributed by atoms with Gasteiger partial charge in [-0.05, 0) is 64.5 Å². The fraction of sp³-hybridized carbons (Fsp3) is 0.400. The number of hydrogen-bond acceptors (Lipinski definition) is 9. The topological polar surface area (TPSA) is 104 Å². The lowest BCUT2D eigenvalue weighted by atomic mass is 9.90. The van der Waals surface area contributed by atoms with Crippen LogP contribution in [0.25, 0.3) is 32.1 Å². The minimum absolute atomic E-state index is 0.000671. The summed E-state index contributed by atoms with van der Waals surface area (Å²) in [7, 11) is 4.00. The molecule has 43 heavy (non-hydrogen) atoms. The van der Waals surface area contributed by atoms with E-state index in [1.807, 2.05) is 19.0 Å². The molecule has 0 aliphatic carbocycles. The van der Waals surface area contributed by atoms with Gasteiger partial charge in [0, 0.05) is 45.7 Å². The molecule has 2 aliphatic heterocycles. The molecule has 0 bridgehead atoms. The van der Waals surface area contributed by atoms with Gasteiger partial charge >= 0.3 is 6.09 Å². The van der Waals surface area contributed by atoms with E-state index in [0.29, 0.717) is 40.3 Å². The molecule has 6 rings (SSSR count). The summed E-state index contributed by atoms with van der Waals surface area (Å²) in [5.41, 5.74) is 0.0289. The van der Waals surface area contributed by atoms with Crippen LogP contribution in [-0.2, 0) is 22.7 Å². The first-order chi connectivity index (χ1) is 20.4. The average Bonchev–Trinajstić information content (AvgIpc) is 3.67. The number of carbonyl (C=O) groups excluding carboxylic acids is 1. The third-order valence-corrected chi connectivity index (χ3v) is 9.04. The molecule has 4 aromatic rings. The van der Waals surface area contributed by atoms with Crippen molar-refractivity contribution in [3.8, 4) is 17.2 Å². The van der Waals surface area contributed by atoms with Crippen molar-refractivity contribution in [3.63, 3.8) is 0 Å². The van der Waals surface area contributed by atoms with Crippen LogP contribution < -0.4 is 10.2 Å². The van der Waals surface area contributed by atoms with E-state index in [1.54, 1.807) is 20.8 Å². The second-order valence-corrected chi connectivity index (χ2v) is 13.3. The van der Waals surface area contributed by atoms with Crippen molar-refractivity contribution in [2.24, 2.45) is 0 Å². The van der Waals surface area contributed by atoms with Crippen LogP contribution in [0.1, 0.15) is 43.9 Å². The maximum absolute atomic E-state index is 16.8. The van der Waals surface area contributed by atoms with Gasteiger partial charge in [0.2, 0.25) is 5.95 Å². The lowest BCUT2D eigenvalue weighted by Crippen LogP contribution is -2.32. The fourth-order valence-corrected chi connectivity index (χ4v) is 7.05. The van der Waals surface area contributed by atoms with Gasteiger partial charge in [-0.15, -0.1) is 11.3 Å². The van der Waals surface area contributed by atoms with Crippen LogP contribution in [0.5, 0.6) is 0 Å². The molecule has 1 saturated heterocycles. The van der Waals surface area contributed by atoms with E-state index >= 15 is 8.78 Å². The molecule has 224 valence electrons. The van der Waals surface area contributed by atoms with Crippen molar-refractivity contribution in [1.82, 2.24) is 14.9 Å². The second-order valence-electron chi connectivity index (χ2n) is 11.9. The first kappa shape index (κ1) is 29.4. The van der Waals surface area contributed by atoms with Gasteiger partial charge in [0.15, 0.2) is 5.82 Å². The number of benzene rings is 2. The highest BCUT2D eigenvalue weighted by molar-refractivity contribution is 7.23. The predicted molar refractivity (Wildman–Crippen MR) is 163 cm³/mol. The number of halogens is 3. The lowest BCUT2D eigenvalue weighted by Gasteiger charge is -2.21. The normalized spacial score (nSPS) is 16.7. The summed E-state index contributed by atoms with van der Waals surface area (Å²) in [6.07, 6.45) is 0.126. The van der Waals surface area contributed by atoms with Crippen molar-refractivity contribution in [2.45, 2.75) is 52.0 Å². The molecule has 0 radical (unpaired) electrons. The number of ether oxygens (including phenoxy) is 2. The number of thiophene rings is 1. The number of hydrogen-bond donors (Lipinski definition) is 1. The number of fused-ring (bicyclic) bond motifs is 4. The number of nitriles is 1. The van der Waals surface area contributed by atoms with Crippen LogP contribution in [0.2, 0.25) is 5.15 Å². The molecule has 0 spiro atoms. The first-order valence-electron chi connectivity index (χ1n) is 13.7. The predicted octanol–water partition coefficient (Wildman–Crippen LogP) is 6.83. The zero-order valence-corrected chi connectivity index (χ0v) is 25.8. The quantitative estimate of drug-likeness (QED) is 0.246. The third-order valence-electron chi connectivity index (χ3n) is 7.70. The standard InChI is InChI=1S/C30H29ClF2N6O3S/c1-30(2,3)42-29(40)37-27-15(10-34)20-19(43-27)7-6-18(32)23(20)21-16-12-41-13-17(16)22-25(24(21)33)35-28(36-26(22)31)39-9-8-14(11-39)38(4)5/h6-7,14H,8-9,11-13H2,1-5H3,(H,37,40)/t14-/m0/s1. The van der Waals surface area contributed by atoms with Crippen molar-refractivity contribution >= 4 is 61.0 Å². The van der Waals surface area contributed by atoms with Crippen LogP contribution in [0.4, 0.5) is 24.5 Å². The Morgan fingerprint density at radius 3 is 2.63 bits per heavy atom. The van der Waals surface area contributed by atoms with E-state index in [9.17, 15) is 10.1 Å². The van der Waals surface area contributed by atoms with E-state index in [1.165, 1.54) is 12.1 Å². The highest BCUT2D eigenvalue weighted by atomic mass is 35.5. The zero-order chi connectivity index (χ0) is 30.8. The lowest BCUT2D eigenvalue weighted by molar-refractivity contribution is 0.0636. The summed E-state index contributed by atoms with van der Waals surface area (Å²) in [5.74, 6) is -1.22. The smallest absolute Gasteiger partial charge is 0.412 e. The van der Waals surface area contributed by atoms with Crippen molar-refractivity contribution < 1.29 is 23.0 Å². The van der Waals surface area contributed by atoms with Gasteiger partial charge in [0.25, 0.3) is 0 Å². The zero-order valence-electron chi connectivity index (χ0n) is 24.3. The molecular formula is C30H29ClF2N6O3S. The summed E-state index contributed by atoms with van der Waals surface area (Å²) in [6, 6.07) is 5.09. The molecule has 1 fully saturated rings.